The van der Waals surface area contributed by atoms with Crippen molar-refractivity contribution in [1.82, 2.24) is 9.80 Å². The van der Waals surface area contributed by atoms with Gasteiger partial charge < -0.3 is 28.7 Å². The molecule has 0 N–H and O–H groups in total. The molecule has 2 aromatic rings. The van der Waals surface area contributed by atoms with Gasteiger partial charge in [-0.05, 0) is 49.7 Å². The van der Waals surface area contributed by atoms with Crippen LogP contribution in [0.2, 0.25) is 0 Å². The molecule has 8 nitrogen and oxygen atoms in total. The van der Waals surface area contributed by atoms with Gasteiger partial charge in [-0.3, -0.25) is 9.59 Å². The van der Waals surface area contributed by atoms with Gasteiger partial charge in [-0.1, -0.05) is 12.1 Å². The molecule has 32 heavy (non-hydrogen) atoms. The fourth-order valence-corrected chi connectivity index (χ4v) is 3.42. The quantitative estimate of drug-likeness (QED) is 0.594. The van der Waals surface area contributed by atoms with E-state index < -0.39 is 0 Å². The lowest BCUT2D eigenvalue weighted by atomic mass is 10.3. The number of hydrogen-bond donors (Lipinski definition) is 0. The molecule has 2 aromatic carbocycles. The van der Waals surface area contributed by atoms with Gasteiger partial charge in [0.15, 0.2) is 24.7 Å². The van der Waals surface area contributed by atoms with E-state index in [2.05, 4.69) is 0 Å². The Kier molecular flexibility index (Phi) is 8.60. The summed E-state index contributed by atoms with van der Waals surface area (Å²) >= 11 is 0. The number of amides is 2. The van der Waals surface area contributed by atoms with Crippen molar-refractivity contribution >= 4 is 11.8 Å². The average Bonchev–Trinajstić information content (AvgIpc) is 3.09. The van der Waals surface area contributed by atoms with Crippen molar-refractivity contribution in [3.8, 4) is 23.0 Å². The lowest BCUT2D eigenvalue weighted by Gasteiger charge is -2.22. The molecular formula is C24H30N2O6. The molecule has 0 aliphatic carbocycles. The average molecular weight is 443 g/mol. The van der Waals surface area contributed by atoms with Gasteiger partial charge >= 0.3 is 0 Å². The Hall–Kier alpha value is -3.42. The van der Waals surface area contributed by atoms with Gasteiger partial charge in [-0.15, -0.1) is 0 Å². The molecular weight excluding hydrogens is 412 g/mol. The molecule has 1 aliphatic heterocycles. The van der Waals surface area contributed by atoms with E-state index in [1.165, 1.54) is 0 Å². The summed E-state index contributed by atoms with van der Waals surface area (Å²) in [6, 6.07) is 14.4. The number of methoxy groups -OCH3 is 1. The first-order chi connectivity index (χ1) is 15.6. The zero-order chi connectivity index (χ0) is 22.8. The molecule has 1 saturated heterocycles. The number of carbonyl (C=O) groups is 2. The fourth-order valence-electron chi connectivity index (χ4n) is 3.42. The smallest absolute Gasteiger partial charge is 0.260 e. The summed E-state index contributed by atoms with van der Waals surface area (Å²) in [6.45, 7) is 4.50. The summed E-state index contributed by atoms with van der Waals surface area (Å²) < 4.78 is 21.9. The highest BCUT2D eigenvalue weighted by atomic mass is 16.5. The van der Waals surface area contributed by atoms with Crippen molar-refractivity contribution in [1.29, 1.82) is 0 Å². The van der Waals surface area contributed by atoms with Crippen LogP contribution in [0.1, 0.15) is 13.3 Å². The van der Waals surface area contributed by atoms with E-state index in [0.717, 1.165) is 5.75 Å². The monoisotopic (exact) mass is 442 g/mol. The van der Waals surface area contributed by atoms with Crippen LogP contribution in [-0.4, -0.2) is 74.7 Å². The molecule has 0 saturated carbocycles. The van der Waals surface area contributed by atoms with Crippen LogP contribution in [0, 0.1) is 0 Å². The molecule has 1 aliphatic rings. The van der Waals surface area contributed by atoms with E-state index in [9.17, 15) is 9.59 Å². The van der Waals surface area contributed by atoms with Crippen molar-refractivity contribution in [3.63, 3.8) is 0 Å². The third-order valence-corrected chi connectivity index (χ3v) is 5.12. The molecule has 8 heteroatoms. The highest BCUT2D eigenvalue weighted by Gasteiger charge is 2.23. The molecule has 0 bridgehead atoms. The maximum absolute atomic E-state index is 12.6. The van der Waals surface area contributed by atoms with Gasteiger partial charge in [0.2, 0.25) is 0 Å². The normalized spacial score (nSPS) is 13.8. The van der Waals surface area contributed by atoms with Crippen LogP contribution in [-0.2, 0) is 9.59 Å². The van der Waals surface area contributed by atoms with Crippen molar-refractivity contribution < 1.29 is 28.5 Å². The Morgan fingerprint density at radius 1 is 0.750 bits per heavy atom. The first-order valence-corrected chi connectivity index (χ1v) is 10.8. The van der Waals surface area contributed by atoms with Crippen molar-refractivity contribution in [3.05, 3.63) is 48.5 Å². The Morgan fingerprint density at radius 3 is 1.84 bits per heavy atom. The first kappa shape index (κ1) is 23.2. The zero-order valence-electron chi connectivity index (χ0n) is 18.6. The van der Waals surface area contributed by atoms with Crippen molar-refractivity contribution in [2.75, 3.05) is 53.1 Å². The number of carbonyl (C=O) groups excluding carboxylic acids is 2. The molecule has 0 atom stereocenters. The van der Waals surface area contributed by atoms with Gasteiger partial charge in [0, 0.05) is 26.2 Å². The Morgan fingerprint density at radius 2 is 1.28 bits per heavy atom. The van der Waals surface area contributed by atoms with Gasteiger partial charge in [0.25, 0.3) is 11.8 Å². The minimum absolute atomic E-state index is 0.0428. The predicted molar refractivity (Wildman–Crippen MR) is 119 cm³/mol. The van der Waals surface area contributed by atoms with E-state index in [1.54, 1.807) is 41.2 Å². The van der Waals surface area contributed by atoms with E-state index in [1.807, 2.05) is 31.2 Å². The van der Waals surface area contributed by atoms with Gasteiger partial charge in [0.05, 0.1) is 13.7 Å². The van der Waals surface area contributed by atoms with E-state index in [0.29, 0.717) is 56.5 Å². The van der Waals surface area contributed by atoms with Gasteiger partial charge in [0.1, 0.15) is 11.5 Å². The van der Waals surface area contributed by atoms with E-state index in [-0.39, 0.29) is 25.0 Å². The maximum Gasteiger partial charge on any atom is 0.260 e. The summed E-state index contributed by atoms with van der Waals surface area (Å²) in [4.78, 5) is 28.7. The summed E-state index contributed by atoms with van der Waals surface area (Å²) in [5, 5.41) is 0. The lowest BCUT2D eigenvalue weighted by Crippen LogP contribution is -2.40. The summed E-state index contributed by atoms with van der Waals surface area (Å²) in [5.74, 6) is 2.27. The Bertz CT molecular complexity index is 886. The van der Waals surface area contributed by atoms with Crippen molar-refractivity contribution in [2.45, 2.75) is 13.3 Å². The van der Waals surface area contributed by atoms with Gasteiger partial charge in [-0.25, -0.2) is 0 Å². The maximum atomic E-state index is 12.6. The van der Waals surface area contributed by atoms with E-state index >= 15 is 0 Å². The number of para-hydroxylation sites is 2. The number of nitrogens with zero attached hydrogens (tertiary/aromatic N) is 2. The molecule has 3 rings (SSSR count). The third-order valence-electron chi connectivity index (χ3n) is 5.12. The molecule has 1 fully saturated rings. The second-order valence-electron chi connectivity index (χ2n) is 7.25. The Labute approximate surface area is 188 Å². The first-order valence-electron chi connectivity index (χ1n) is 10.8. The second kappa shape index (κ2) is 11.8. The highest BCUT2D eigenvalue weighted by molar-refractivity contribution is 5.79. The molecule has 0 spiro atoms. The standard InChI is InChI=1S/C24H30N2O6/c1-3-30-19-9-11-20(12-10-19)31-17-23(27)25-13-6-14-26(16-15-25)24(28)18-32-22-8-5-4-7-21(22)29-2/h4-5,7-12H,3,6,13-18H2,1-2H3. The largest absolute Gasteiger partial charge is 0.494 e. The summed E-state index contributed by atoms with van der Waals surface area (Å²) in [7, 11) is 1.56. The van der Waals surface area contributed by atoms with Crippen molar-refractivity contribution in [2.24, 2.45) is 0 Å². The molecule has 1 heterocycles. The molecule has 172 valence electrons. The fraction of sp³-hybridized carbons (Fsp3) is 0.417. The molecule has 0 unspecified atom stereocenters. The molecule has 0 aromatic heterocycles. The molecule has 0 radical (unpaired) electrons. The summed E-state index contributed by atoms with van der Waals surface area (Å²) in [6.07, 6.45) is 0.704. The highest BCUT2D eigenvalue weighted by Crippen LogP contribution is 2.25. The summed E-state index contributed by atoms with van der Waals surface area (Å²) in [5.41, 5.74) is 0. The minimum atomic E-state index is -0.115. The number of hydrogen-bond acceptors (Lipinski definition) is 6. The van der Waals surface area contributed by atoms with Crippen LogP contribution in [0.15, 0.2) is 48.5 Å². The van der Waals surface area contributed by atoms with Crippen LogP contribution in [0.4, 0.5) is 0 Å². The van der Waals surface area contributed by atoms with Crippen LogP contribution in [0.5, 0.6) is 23.0 Å². The minimum Gasteiger partial charge on any atom is -0.494 e. The molecule has 2 amide bonds. The third kappa shape index (κ3) is 6.54. The topological polar surface area (TPSA) is 77.5 Å². The predicted octanol–water partition coefficient (Wildman–Crippen LogP) is 2.61. The Balaban J connectivity index is 1.44. The van der Waals surface area contributed by atoms with Crippen LogP contribution in [0.3, 0.4) is 0 Å². The number of rotatable bonds is 9. The lowest BCUT2D eigenvalue weighted by molar-refractivity contribution is -0.135. The zero-order valence-corrected chi connectivity index (χ0v) is 18.6. The second-order valence-corrected chi connectivity index (χ2v) is 7.25. The SMILES string of the molecule is CCOc1ccc(OCC(=O)N2CCCN(C(=O)COc3ccccc3OC)CC2)cc1. The van der Waals surface area contributed by atoms with E-state index in [4.69, 9.17) is 18.9 Å². The van der Waals surface area contributed by atoms with Crippen LogP contribution < -0.4 is 18.9 Å². The van der Waals surface area contributed by atoms with Crippen LogP contribution >= 0.6 is 0 Å². The number of benzene rings is 2. The van der Waals surface area contributed by atoms with Gasteiger partial charge in [-0.2, -0.15) is 0 Å². The van der Waals surface area contributed by atoms with Crippen LogP contribution in [0.25, 0.3) is 0 Å². The number of ether oxygens (including phenoxy) is 4.